The molecule has 0 saturated carbocycles. The van der Waals surface area contributed by atoms with E-state index >= 15 is 0 Å². The molecule has 3 amide bonds. The number of anilines is 2. The van der Waals surface area contributed by atoms with E-state index in [1.807, 2.05) is 19.9 Å². The predicted octanol–water partition coefficient (Wildman–Crippen LogP) is 3.01. The van der Waals surface area contributed by atoms with Crippen molar-refractivity contribution < 1.29 is 14.4 Å². The minimum absolute atomic E-state index is 0.00466. The molecular weight excluding hydrogens is 368 g/mol. The molecule has 7 heteroatoms. The van der Waals surface area contributed by atoms with Crippen molar-refractivity contribution in [3.05, 3.63) is 59.7 Å². The summed E-state index contributed by atoms with van der Waals surface area (Å²) in [4.78, 5) is 38.5. The number of nitrogens with zero attached hydrogens (tertiary/aromatic N) is 2. The van der Waals surface area contributed by atoms with Crippen molar-refractivity contribution in [1.82, 2.24) is 4.90 Å². The van der Waals surface area contributed by atoms with Gasteiger partial charge in [-0.3, -0.25) is 14.4 Å². The molecule has 148 valence electrons. The number of likely N-dealkylation sites (tertiary alicyclic amines) is 1. The van der Waals surface area contributed by atoms with E-state index in [2.05, 4.69) is 10.6 Å². The summed E-state index contributed by atoms with van der Waals surface area (Å²) in [7, 11) is 0. The maximum absolute atomic E-state index is 12.4. The minimum Gasteiger partial charge on any atom is -0.339 e. The molecule has 2 N–H and O–H groups in total. The van der Waals surface area contributed by atoms with Gasteiger partial charge in [0.15, 0.2) is 0 Å². The lowest BCUT2D eigenvalue weighted by atomic mass is 10.1. The van der Waals surface area contributed by atoms with Crippen molar-refractivity contribution in [2.75, 3.05) is 17.2 Å². The fourth-order valence-electron chi connectivity index (χ4n) is 3.19. The van der Waals surface area contributed by atoms with Crippen LogP contribution in [0.3, 0.4) is 0 Å². The van der Waals surface area contributed by atoms with Crippen molar-refractivity contribution >= 4 is 29.1 Å². The molecule has 3 rings (SSSR count). The highest BCUT2D eigenvalue weighted by Crippen LogP contribution is 2.22. The van der Waals surface area contributed by atoms with E-state index in [0.29, 0.717) is 29.0 Å². The first-order valence-electron chi connectivity index (χ1n) is 9.39. The van der Waals surface area contributed by atoms with Crippen LogP contribution in [0.5, 0.6) is 0 Å². The maximum Gasteiger partial charge on any atom is 0.255 e. The maximum atomic E-state index is 12.4. The summed E-state index contributed by atoms with van der Waals surface area (Å²) < 4.78 is 0. The van der Waals surface area contributed by atoms with Crippen LogP contribution in [-0.4, -0.2) is 35.2 Å². The summed E-state index contributed by atoms with van der Waals surface area (Å²) >= 11 is 0. The summed E-state index contributed by atoms with van der Waals surface area (Å²) in [5.74, 6) is -0.864. The molecule has 1 fully saturated rings. The van der Waals surface area contributed by atoms with Crippen molar-refractivity contribution in [3.8, 4) is 6.07 Å². The number of amides is 3. The molecule has 1 heterocycles. The van der Waals surface area contributed by atoms with Crippen LogP contribution in [0.2, 0.25) is 0 Å². The van der Waals surface area contributed by atoms with Crippen LogP contribution in [0.15, 0.2) is 48.5 Å². The average molecular weight is 390 g/mol. The molecule has 1 saturated heterocycles. The van der Waals surface area contributed by atoms with Gasteiger partial charge >= 0.3 is 0 Å². The number of nitrogens with one attached hydrogen (secondary N) is 2. The van der Waals surface area contributed by atoms with E-state index in [0.717, 1.165) is 0 Å². The van der Waals surface area contributed by atoms with Crippen LogP contribution in [0.1, 0.15) is 36.2 Å². The Bertz CT molecular complexity index is 959. The molecule has 29 heavy (non-hydrogen) atoms. The van der Waals surface area contributed by atoms with E-state index in [1.54, 1.807) is 53.4 Å². The molecule has 2 aromatic rings. The molecule has 0 aromatic heterocycles. The van der Waals surface area contributed by atoms with Gasteiger partial charge in [-0.1, -0.05) is 0 Å². The number of hydrogen-bond acceptors (Lipinski definition) is 4. The smallest absolute Gasteiger partial charge is 0.255 e. The summed E-state index contributed by atoms with van der Waals surface area (Å²) in [6.45, 7) is 4.28. The largest absolute Gasteiger partial charge is 0.339 e. The Morgan fingerprint density at radius 3 is 2.17 bits per heavy atom. The Kier molecular flexibility index (Phi) is 5.93. The van der Waals surface area contributed by atoms with E-state index < -0.39 is 0 Å². The third-order valence-corrected chi connectivity index (χ3v) is 4.84. The highest BCUT2D eigenvalue weighted by molar-refractivity contribution is 6.05. The van der Waals surface area contributed by atoms with Crippen LogP contribution < -0.4 is 10.6 Å². The second-order valence-corrected chi connectivity index (χ2v) is 7.25. The fourth-order valence-corrected chi connectivity index (χ4v) is 3.19. The van der Waals surface area contributed by atoms with Crippen molar-refractivity contribution in [2.24, 2.45) is 5.92 Å². The zero-order valence-electron chi connectivity index (χ0n) is 16.3. The summed E-state index contributed by atoms with van der Waals surface area (Å²) in [5, 5.41) is 14.4. The SMILES string of the molecule is CC(C)N1CC(C(=O)Nc2ccc(C(=O)Nc3ccc(C#N)cc3)cc2)CC1=O. The molecule has 1 unspecified atom stereocenters. The molecule has 0 aliphatic carbocycles. The first-order valence-corrected chi connectivity index (χ1v) is 9.39. The average Bonchev–Trinajstić information content (AvgIpc) is 3.11. The Balaban J connectivity index is 1.58. The highest BCUT2D eigenvalue weighted by atomic mass is 16.2. The third-order valence-electron chi connectivity index (χ3n) is 4.84. The Hall–Kier alpha value is -3.66. The third kappa shape index (κ3) is 4.79. The highest BCUT2D eigenvalue weighted by Gasteiger charge is 2.35. The Morgan fingerprint density at radius 2 is 1.62 bits per heavy atom. The normalized spacial score (nSPS) is 15.9. The molecule has 0 spiro atoms. The monoisotopic (exact) mass is 390 g/mol. The van der Waals surface area contributed by atoms with Gasteiger partial charge in [0.2, 0.25) is 11.8 Å². The molecule has 1 aliphatic rings. The van der Waals surface area contributed by atoms with Gasteiger partial charge in [-0.05, 0) is 62.4 Å². The summed E-state index contributed by atoms with van der Waals surface area (Å²) in [6.07, 6.45) is 0.217. The molecule has 1 aliphatic heterocycles. The number of hydrogen-bond donors (Lipinski definition) is 2. The first kappa shape index (κ1) is 20.1. The standard InChI is InChI=1S/C22H22N4O3/c1-14(2)26-13-17(11-20(26)27)22(29)25-19-9-5-16(6-10-19)21(28)24-18-7-3-15(12-23)4-8-18/h3-10,14,17H,11,13H2,1-2H3,(H,24,28)(H,25,29). The molecular formula is C22H22N4O3. The van der Waals surface area contributed by atoms with Gasteiger partial charge in [0.1, 0.15) is 0 Å². The van der Waals surface area contributed by atoms with Crippen LogP contribution in [0.4, 0.5) is 11.4 Å². The Morgan fingerprint density at radius 1 is 1.03 bits per heavy atom. The first-order chi connectivity index (χ1) is 13.9. The van der Waals surface area contributed by atoms with E-state index in [-0.39, 0.29) is 36.1 Å². The molecule has 0 bridgehead atoms. The van der Waals surface area contributed by atoms with Gasteiger partial charge in [-0.15, -0.1) is 0 Å². The van der Waals surface area contributed by atoms with Gasteiger partial charge in [-0.2, -0.15) is 5.26 Å². The van der Waals surface area contributed by atoms with Crippen molar-refractivity contribution in [3.63, 3.8) is 0 Å². The number of rotatable bonds is 5. The lowest BCUT2D eigenvalue weighted by Gasteiger charge is -2.20. The second-order valence-electron chi connectivity index (χ2n) is 7.25. The number of benzene rings is 2. The zero-order valence-corrected chi connectivity index (χ0v) is 16.3. The topological polar surface area (TPSA) is 102 Å². The zero-order chi connectivity index (χ0) is 21.0. The number of carbonyl (C=O) groups is 3. The van der Waals surface area contributed by atoms with Gasteiger partial charge in [0.05, 0.1) is 17.6 Å². The summed E-state index contributed by atoms with van der Waals surface area (Å²) in [6, 6.07) is 15.2. The lowest BCUT2D eigenvalue weighted by molar-refractivity contribution is -0.129. The Labute approximate surface area is 169 Å². The second kappa shape index (κ2) is 8.57. The van der Waals surface area contributed by atoms with Crippen LogP contribution in [0, 0.1) is 17.2 Å². The predicted molar refractivity (Wildman–Crippen MR) is 109 cm³/mol. The van der Waals surface area contributed by atoms with Gasteiger partial charge in [0, 0.05) is 35.9 Å². The molecule has 2 aromatic carbocycles. The summed E-state index contributed by atoms with van der Waals surface area (Å²) in [5.41, 5.74) is 2.12. The van der Waals surface area contributed by atoms with E-state index in [4.69, 9.17) is 5.26 Å². The lowest BCUT2D eigenvalue weighted by Crippen LogP contribution is -2.33. The minimum atomic E-state index is -0.371. The van der Waals surface area contributed by atoms with Crippen LogP contribution >= 0.6 is 0 Å². The van der Waals surface area contributed by atoms with Gasteiger partial charge in [0.25, 0.3) is 5.91 Å². The van der Waals surface area contributed by atoms with Crippen molar-refractivity contribution in [2.45, 2.75) is 26.3 Å². The van der Waals surface area contributed by atoms with Crippen LogP contribution in [0.25, 0.3) is 0 Å². The number of nitriles is 1. The van der Waals surface area contributed by atoms with E-state index in [1.165, 1.54) is 0 Å². The molecule has 1 atom stereocenters. The van der Waals surface area contributed by atoms with Gasteiger partial charge < -0.3 is 15.5 Å². The van der Waals surface area contributed by atoms with Gasteiger partial charge in [-0.25, -0.2) is 0 Å². The quantitative estimate of drug-likeness (QED) is 0.819. The number of carbonyl (C=O) groups excluding carboxylic acids is 3. The molecule has 7 nitrogen and oxygen atoms in total. The van der Waals surface area contributed by atoms with Crippen molar-refractivity contribution in [1.29, 1.82) is 5.26 Å². The van der Waals surface area contributed by atoms with E-state index in [9.17, 15) is 14.4 Å². The molecule has 0 radical (unpaired) electrons. The fraction of sp³-hybridized carbons (Fsp3) is 0.273. The van der Waals surface area contributed by atoms with Crippen LogP contribution in [-0.2, 0) is 9.59 Å².